The Morgan fingerprint density at radius 3 is 2.65 bits per heavy atom. The normalized spacial score (nSPS) is 10.8. The van der Waals surface area contributed by atoms with Crippen LogP contribution in [0.1, 0.15) is 15.9 Å². The van der Waals surface area contributed by atoms with Crippen LogP contribution in [-0.2, 0) is 0 Å². The lowest BCUT2D eigenvalue weighted by molar-refractivity contribution is 0.0964. The molecule has 3 aromatic rings. The molecule has 1 N–H and O–H groups in total. The summed E-state index contributed by atoms with van der Waals surface area (Å²) in [4.78, 5) is 12.3. The zero-order chi connectivity index (χ0) is 16.6. The standard InChI is InChI=1S/C18H16FNO3/c1-10-8-11(4-6-14(10)19)17-16(18(21)20-2)13-9-12(22-3)5-7-15(13)23-17/h4-9H,1-3H3,(H,20,21). The number of carbonyl (C=O) groups is 1. The van der Waals surface area contributed by atoms with Crippen molar-refractivity contribution in [3.8, 4) is 17.1 Å². The fourth-order valence-corrected chi connectivity index (χ4v) is 2.54. The quantitative estimate of drug-likeness (QED) is 0.797. The summed E-state index contributed by atoms with van der Waals surface area (Å²) in [5, 5.41) is 3.27. The number of methoxy groups -OCH3 is 1. The monoisotopic (exact) mass is 313 g/mol. The molecular formula is C18H16FNO3. The van der Waals surface area contributed by atoms with Gasteiger partial charge in [0, 0.05) is 18.0 Å². The second kappa shape index (κ2) is 5.76. The number of hydrogen-bond donors (Lipinski definition) is 1. The number of halogens is 1. The largest absolute Gasteiger partial charge is 0.497 e. The van der Waals surface area contributed by atoms with E-state index >= 15 is 0 Å². The molecule has 3 rings (SSSR count). The molecular weight excluding hydrogens is 297 g/mol. The van der Waals surface area contributed by atoms with Gasteiger partial charge in [-0.2, -0.15) is 0 Å². The third-order valence-electron chi connectivity index (χ3n) is 3.77. The molecule has 0 aliphatic carbocycles. The first kappa shape index (κ1) is 15.1. The molecule has 0 aliphatic rings. The van der Waals surface area contributed by atoms with E-state index in [2.05, 4.69) is 5.32 Å². The minimum atomic E-state index is -0.298. The molecule has 4 nitrogen and oxygen atoms in total. The van der Waals surface area contributed by atoms with E-state index in [9.17, 15) is 9.18 Å². The van der Waals surface area contributed by atoms with Crippen molar-refractivity contribution < 1.29 is 18.3 Å². The topological polar surface area (TPSA) is 51.5 Å². The van der Waals surface area contributed by atoms with Crippen LogP contribution in [-0.4, -0.2) is 20.1 Å². The first-order valence-electron chi connectivity index (χ1n) is 7.14. The number of hydrogen-bond acceptors (Lipinski definition) is 3. The molecule has 0 fully saturated rings. The first-order chi connectivity index (χ1) is 11.0. The van der Waals surface area contributed by atoms with E-state index in [0.717, 1.165) is 0 Å². The van der Waals surface area contributed by atoms with Crippen LogP contribution in [0.5, 0.6) is 5.75 Å². The maximum atomic E-state index is 13.5. The van der Waals surface area contributed by atoms with Gasteiger partial charge in [0.25, 0.3) is 5.91 Å². The highest BCUT2D eigenvalue weighted by Crippen LogP contribution is 2.36. The lowest BCUT2D eigenvalue weighted by Crippen LogP contribution is -2.18. The summed E-state index contributed by atoms with van der Waals surface area (Å²) in [6.45, 7) is 1.67. The van der Waals surface area contributed by atoms with E-state index in [1.54, 1.807) is 51.4 Å². The van der Waals surface area contributed by atoms with Gasteiger partial charge in [-0.3, -0.25) is 4.79 Å². The SMILES string of the molecule is CNC(=O)c1c(-c2ccc(F)c(C)c2)oc2ccc(OC)cc12. The van der Waals surface area contributed by atoms with E-state index in [1.165, 1.54) is 6.07 Å². The average molecular weight is 313 g/mol. The van der Waals surface area contributed by atoms with Crippen molar-refractivity contribution in [3.63, 3.8) is 0 Å². The molecule has 5 heteroatoms. The molecule has 0 atom stereocenters. The molecule has 0 saturated carbocycles. The molecule has 1 amide bonds. The predicted octanol–water partition coefficient (Wildman–Crippen LogP) is 3.92. The van der Waals surface area contributed by atoms with Gasteiger partial charge >= 0.3 is 0 Å². The summed E-state index contributed by atoms with van der Waals surface area (Å²) in [6, 6.07) is 9.90. The third kappa shape index (κ3) is 2.54. The fraction of sp³-hybridized carbons (Fsp3) is 0.167. The molecule has 1 heterocycles. The summed E-state index contributed by atoms with van der Waals surface area (Å²) in [5.41, 5.74) is 2.12. The Bertz CT molecular complexity index is 899. The van der Waals surface area contributed by atoms with Crippen LogP contribution in [0, 0.1) is 12.7 Å². The van der Waals surface area contributed by atoms with Crippen LogP contribution in [0.2, 0.25) is 0 Å². The van der Waals surface area contributed by atoms with Crippen molar-refractivity contribution in [2.24, 2.45) is 0 Å². The Balaban J connectivity index is 2.30. The minimum Gasteiger partial charge on any atom is -0.497 e. The van der Waals surface area contributed by atoms with Gasteiger partial charge in [0.05, 0.1) is 12.7 Å². The van der Waals surface area contributed by atoms with E-state index in [-0.39, 0.29) is 11.7 Å². The highest BCUT2D eigenvalue weighted by atomic mass is 19.1. The van der Waals surface area contributed by atoms with E-state index < -0.39 is 0 Å². The first-order valence-corrected chi connectivity index (χ1v) is 7.14. The second-order valence-corrected chi connectivity index (χ2v) is 5.21. The van der Waals surface area contributed by atoms with Crippen molar-refractivity contribution >= 4 is 16.9 Å². The number of carbonyl (C=O) groups excluding carboxylic acids is 1. The number of fused-ring (bicyclic) bond motifs is 1. The Labute approximate surface area is 132 Å². The maximum Gasteiger partial charge on any atom is 0.255 e. The Morgan fingerprint density at radius 2 is 2.00 bits per heavy atom. The zero-order valence-corrected chi connectivity index (χ0v) is 13.1. The van der Waals surface area contributed by atoms with Gasteiger partial charge in [-0.05, 0) is 48.9 Å². The predicted molar refractivity (Wildman–Crippen MR) is 86.3 cm³/mol. The fourth-order valence-electron chi connectivity index (χ4n) is 2.54. The van der Waals surface area contributed by atoms with Crippen molar-refractivity contribution in [1.29, 1.82) is 0 Å². The lowest BCUT2D eigenvalue weighted by atomic mass is 10.0. The van der Waals surface area contributed by atoms with Gasteiger partial charge in [0.2, 0.25) is 0 Å². The molecule has 0 aliphatic heterocycles. The van der Waals surface area contributed by atoms with E-state index in [1.807, 2.05) is 0 Å². The van der Waals surface area contributed by atoms with Gasteiger partial charge in [0.1, 0.15) is 22.9 Å². The molecule has 1 aromatic heterocycles. The molecule has 0 unspecified atom stereocenters. The molecule has 0 bridgehead atoms. The number of aryl methyl sites for hydroxylation is 1. The Hall–Kier alpha value is -2.82. The van der Waals surface area contributed by atoms with Crippen LogP contribution in [0.15, 0.2) is 40.8 Å². The van der Waals surface area contributed by atoms with Crippen LogP contribution in [0.25, 0.3) is 22.3 Å². The number of furan rings is 1. The van der Waals surface area contributed by atoms with E-state index in [0.29, 0.717) is 39.2 Å². The molecule has 2 aromatic carbocycles. The van der Waals surface area contributed by atoms with Gasteiger partial charge in [-0.15, -0.1) is 0 Å². The number of rotatable bonds is 3. The summed E-state index contributed by atoms with van der Waals surface area (Å²) in [7, 11) is 3.12. The van der Waals surface area contributed by atoms with Crippen LogP contribution in [0.3, 0.4) is 0 Å². The molecule has 23 heavy (non-hydrogen) atoms. The van der Waals surface area contributed by atoms with Crippen molar-refractivity contribution in [3.05, 3.63) is 53.3 Å². The van der Waals surface area contributed by atoms with Crippen molar-refractivity contribution in [2.45, 2.75) is 6.92 Å². The second-order valence-electron chi connectivity index (χ2n) is 5.21. The van der Waals surface area contributed by atoms with Gasteiger partial charge in [-0.25, -0.2) is 4.39 Å². The number of nitrogens with one attached hydrogen (secondary N) is 1. The van der Waals surface area contributed by atoms with Crippen LogP contribution < -0.4 is 10.1 Å². The molecule has 0 spiro atoms. The molecule has 118 valence electrons. The molecule has 0 radical (unpaired) electrons. The Morgan fingerprint density at radius 1 is 1.22 bits per heavy atom. The van der Waals surface area contributed by atoms with E-state index in [4.69, 9.17) is 9.15 Å². The highest BCUT2D eigenvalue weighted by Gasteiger charge is 2.22. The van der Waals surface area contributed by atoms with Crippen LogP contribution >= 0.6 is 0 Å². The number of ether oxygens (including phenoxy) is 1. The lowest BCUT2D eigenvalue weighted by Gasteiger charge is -2.04. The van der Waals surface area contributed by atoms with Gasteiger partial charge < -0.3 is 14.5 Å². The van der Waals surface area contributed by atoms with Crippen molar-refractivity contribution in [1.82, 2.24) is 5.32 Å². The van der Waals surface area contributed by atoms with Crippen LogP contribution in [0.4, 0.5) is 4.39 Å². The Kier molecular flexibility index (Phi) is 3.78. The molecule has 0 saturated heterocycles. The summed E-state index contributed by atoms with van der Waals surface area (Å²) in [5.74, 6) is 0.475. The highest BCUT2D eigenvalue weighted by molar-refractivity contribution is 6.11. The van der Waals surface area contributed by atoms with Gasteiger partial charge in [-0.1, -0.05) is 0 Å². The summed E-state index contributed by atoms with van der Waals surface area (Å²) >= 11 is 0. The zero-order valence-electron chi connectivity index (χ0n) is 13.1. The summed E-state index contributed by atoms with van der Waals surface area (Å²) in [6.07, 6.45) is 0. The minimum absolute atomic E-state index is 0.269. The van der Waals surface area contributed by atoms with Crippen molar-refractivity contribution in [2.75, 3.05) is 14.2 Å². The third-order valence-corrected chi connectivity index (χ3v) is 3.77. The average Bonchev–Trinajstić information content (AvgIpc) is 2.95. The summed E-state index contributed by atoms with van der Waals surface area (Å²) < 4.78 is 24.6. The maximum absolute atomic E-state index is 13.5. The number of benzene rings is 2. The number of amides is 1. The van der Waals surface area contributed by atoms with Gasteiger partial charge in [0.15, 0.2) is 0 Å². The smallest absolute Gasteiger partial charge is 0.255 e.